The van der Waals surface area contributed by atoms with Crippen LogP contribution in [0.3, 0.4) is 0 Å². The van der Waals surface area contributed by atoms with Crippen molar-refractivity contribution in [2.75, 3.05) is 39.9 Å². The van der Waals surface area contributed by atoms with Crippen LogP contribution in [0.15, 0.2) is 0 Å². The van der Waals surface area contributed by atoms with Gasteiger partial charge in [0.25, 0.3) is 0 Å². The smallest absolute Gasteiger partial charge is 0.234 e. The number of hydrogen-bond donors (Lipinski definition) is 2. The number of amides is 1. The maximum Gasteiger partial charge on any atom is 0.234 e. The van der Waals surface area contributed by atoms with E-state index in [1.165, 1.54) is 19.3 Å². The molecule has 0 spiro atoms. The zero-order chi connectivity index (χ0) is 14.8. The van der Waals surface area contributed by atoms with Crippen LogP contribution < -0.4 is 10.6 Å². The molecule has 5 heteroatoms. The monoisotopic (exact) mass is 285 g/mol. The molecule has 20 heavy (non-hydrogen) atoms. The quantitative estimate of drug-likeness (QED) is 0.620. The van der Waals surface area contributed by atoms with Gasteiger partial charge in [0.1, 0.15) is 0 Å². The first-order valence-corrected chi connectivity index (χ1v) is 7.86. The van der Waals surface area contributed by atoms with Gasteiger partial charge in [0.2, 0.25) is 5.91 Å². The number of carbonyl (C=O) groups is 1. The number of nitrogens with zero attached hydrogens (tertiary/aromatic N) is 1. The largest absolute Gasteiger partial charge is 0.385 e. The molecule has 0 bridgehead atoms. The molecule has 1 unspecified atom stereocenters. The van der Waals surface area contributed by atoms with E-state index in [4.69, 9.17) is 4.74 Å². The number of piperidine rings is 1. The van der Waals surface area contributed by atoms with E-state index in [1.54, 1.807) is 7.11 Å². The second-order valence-corrected chi connectivity index (χ2v) is 5.88. The molecule has 1 amide bonds. The number of methoxy groups -OCH3 is 1. The van der Waals surface area contributed by atoms with E-state index in [9.17, 15) is 4.79 Å². The molecule has 1 heterocycles. The number of carbonyl (C=O) groups excluding carboxylic acids is 1. The van der Waals surface area contributed by atoms with Crippen LogP contribution in [0.25, 0.3) is 0 Å². The van der Waals surface area contributed by atoms with E-state index in [2.05, 4.69) is 29.4 Å². The third-order valence-corrected chi connectivity index (χ3v) is 3.70. The fourth-order valence-electron chi connectivity index (χ4n) is 2.56. The molecule has 5 nitrogen and oxygen atoms in total. The van der Waals surface area contributed by atoms with Gasteiger partial charge in [-0.25, -0.2) is 0 Å². The lowest BCUT2D eigenvalue weighted by Gasteiger charge is -2.35. The highest BCUT2D eigenvalue weighted by atomic mass is 16.5. The summed E-state index contributed by atoms with van der Waals surface area (Å²) in [7, 11) is 1.68. The Morgan fingerprint density at radius 1 is 1.40 bits per heavy atom. The van der Waals surface area contributed by atoms with Crippen molar-refractivity contribution >= 4 is 5.91 Å². The summed E-state index contributed by atoms with van der Waals surface area (Å²) in [5.74, 6) is 0.137. The zero-order valence-corrected chi connectivity index (χ0v) is 13.3. The van der Waals surface area contributed by atoms with Gasteiger partial charge in [-0.15, -0.1) is 0 Å². The summed E-state index contributed by atoms with van der Waals surface area (Å²) >= 11 is 0. The molecular weight excluding hydrogens is 254 g/mol. The van der Waals surface area contributed by atoms with E-state index in [0.717, 1.165) is 19.5 Å². The Kier molecular flexibility index (Phi) is 8.82. The Morgan fingerprint density at radius 2 is 2.20 bits per heavy atom. The SMILES string of the molecule is COCCCNC(=O)CN1CCCCC1CNC(C)C. The van der Waals surface area contributed by atoms with E-state index in [0.29, 0.717) is 31.8 Å². The van der Waals surface area contributed by atoms with Gasteiger partial charge in [0.05, 0.1) is 6.54 Å². The van der Waals surface area contributed by atoms with Crippen LogP contribution in [-0.2, 0) is 9.53 Å². The molecule has 1 aliphatic rings. The summed E-state index contributed by atoms with van der Waals surface area (Å²) < 4.78 is 4.98. The summed E-state index contributed by atoms with van der Waals surface area (Å²) in [4.78, 5) is 14.3. The van der Waals surface area contributed by atoms with Crippen molar-refractivity contribution in [2.45, 2.75) is 51.6 Å². The van der Waals surface area contributed by atoms with Gasteiger partial charge in [-0.1, -0.05) is 20.3 Å². The minimum atomic E-state index is 0.137. The number of hydrogen-bond acceptors (Lipinski definition) is 4. The topological polar surface area (TPSA) is 53.6 Å². The standard InChI is InChI=1S/C15H31N3O2/c1-13(2)17-11-14-7-4-5-9-18(14)12-15(19)16-8-6-10-20-3/h13-14,17H,4-12H2,1-3H3,(H,16,19). The molecule has 1 saturated heterocycles. The zero-order valence-electron chi connectivity index (χ0n) is 13.3. The predicted molar refractivity (Wildman–Crippen MR) is 81.9 cm³/mol. The van der Waals surface area contributed by atoms with Gasteiger partial charge < -0.3 is 15.4 Å². The molecule has 1 aliphatic heterocycles. The first-order valence-electron chi connectivity index (χ1n) is 7.86. The van der Waals surface area contributed by atoms with Gasteiger partial charge >= 0.3 is 0 Å². The average Bonchev–Trinajstić information content (AvgIpc) is 2.42. The summed E-state index contributed by atoms with van der Waals surface area (Å²) in [6.07, 6.45) is 4.54. The number of likely N-dealkylation sites (tertiary alicyclic amines) is 1. The van der Waals surface area contributed by atoms with Crippen LogP contribution in [0, 0.1) is 0 Å². The first kappa shape index (κ1) is 17.4. The molecular formula is C15H31N3O2. The number of ether oxygens (including phenoxy) is 1. The average molecular weight is 285 g/mol. The van der Waals surface area contributed by atoms with Gasteiger partial charge in [0.15, 0.2) is 0 Å². The molecule has 0 saturated carbocycles. The summed E-state index contributed by atoms with van der Waals surface area (Å²) in [6, 6.07) is 0.998. The Morgan fingerprint density at radius 3 is 2.90 bits per heavy atom. The molecule has 0 radical (unpaired) electrons. The summed E-state index contributed by atoms with van der Waals surface area (Å²) in [5, 5.41) is 6.46. The minimum absolute atomic E-state index is 0.137. The maximum atomic E-state index is 11.9. The molecule has 0 aromatic carbocycles. The first-order chi connectivity index (χ1) is 9.63. The highest BCUT2D eigenvalue weighted by Crippen LogP contribution is 2.16. The second kappa shape index (κ2) is 10.1. The van der Waals surface area contributed by atoms with Crippen molar-refractivity contribution in [2.24, 2.45) is 0 Å². The van der Waals surface area contributed by atoms with E-state index >= 15 is 0 Å². The van der Waals surface area contributed by atoms with Crippen LogP contribution in [-0.4, -0.2) is 62.8 Å². The Labute approximate surface area is 123 Å². The van der Waals surface area contributed by atoms with Crippen molar-refractivity contribution in [3.63, 3.8) is 0 Å². The van der Waals surface area contributed by atoms with Crippen molar-refractivity contribution in [3.05, 3.63) is 0 Å². The second-order valence-electron chi connectivity index (χ2n) is 5.88. The fourth-order valence-corrected chi connectivity index (χ4v) is 2.56. The molecule has 118 valence electrons. The molecule has 1 fully saturated rings. The van der Waals surface area contributed by atoms with Crippen LogP contribution in [0.4, 0.5) is 0 Å². The van der Waals surface area contributed by atoms with E-state index in [1.807, 2.05) is 0 Å². The lowest BCUT2D eigenvalue weighted by Crippen LogP contribution is -2.50. The Hall–Kier alpha value is -0.650. The minimum Gasteiger partial charge on any atom is -0.385 e. The van der Waals surface area contributed by atoms with Crippen molar-refractivity contribution < 1.29 is 9.53 Å². The van der Waals surface area contributed by atoms with Crippen molar-refractivity contribution in [1.29, 1.82) is 0 Å². The van der Waals surface area contributed by atoms with Crippen LogP contribution in [0.1, 0.15) is 39.5 Å². The predicted octanol–water partition coefficient (Wildman–Crippen LogP) is 0.992. The molecule has 0 aromatic rings. The van der Waals surface area contributed by atoms with E-state index < -0.39 is 0 Å². The lowest BCUT2D eigenvalue weighted by molar-refractivity contribution is -0.123. The molecule has 0 aromatic heterocycles. The Balaban J connectivity index is 2.28. The number of rotatable bonds is 9. The van der Waals surface area contributed by atoms with E-state index in [-0.39, 0.29) is 5.91 Å². The molecule has 2 N–H and O–H groups in total. The normalized spacial score (nSPS) is 20.3. The van der Waals surface area contributed by atoms with Crippen LogP contribution in [0.2, 0.25) is 0 Å². The number of nitrogens with one attached hydrogen (secondary N) is 2. The van der Waals surface area contributed by atoms with Gasteiger partial charge in [-0.3, -0.25) is 9.69 Å². The third kappa shape index (κ3) is 7.22. The van der Waals surface area contributed by atoms with Gasteiger partial charge in [0, 0.05) is 38.9 Å². The molecule has 0 aliphatic carbocycles. The molecule has 1 atom stereocenters. The van der Waals surface area contributed by atoms with Crippen LogP contribution in [0.5, 0.6) is 0 Å². The maximum absolute atomic E-state index is 11.9. The summed E-state index contributed by atoms with van der Waals surface area (Å²) in [5.41, 5.74) is 0. The van der Waals surface area contributed by atoms with Crippen LogP contribution >= 0.6 is 0 Å². The Bertz CT molecular complexity index is 272. The van der Waals surface area contributed by atoms with Crippen molar-refractivity contribution in [3.8, 4) is 0 Å². The van der Waals surface area contributed by atoms with Gasteiger partial charge in [-0.2, -0.15) is 0 Å². The highest BCUT2D eigenvalue weighted by Gasteiger charge is 2.23. The van der Waals surface area contributed by atoms with Crippen molar-refractivity contribution in [1.82, 2.24) is 15.5 Å². The lowest BCUT2D eigenvalue weighted by atomic mass is 10.0. The fraction of sp³-hybridized carbons (Fsp3) is 0.933. The molecule has 1 rings (SSSR count). The highest BCUT2D eigenvalue weighted by molar-refractivity contribution is 5.78. The third-order valence-electron chi connectivity index (χ3n) is 3.70. The van der Waals surface area contributed by atoms with Gasteiger partial charge in [-0.05, 0) is 25.8 Å². The summed E-state index contributed by atoms with van der Waals surface area (Å²) in [6.45, 7) is 8.27.